The number of hydrogen-bond donors (Lipinski definition) is 6. The Morgan fingerprint density at radius 1 is 0.458 bits per heavy atom. The maximum atomic E-state index is 13.1. The Morgan fingerprint density at radius 2 is 0.783 bits per heavy atom. The number of ether oxygens (including phenoxy) is 3. The summed E-state index contributed by atoms with van der Waals surface area (Å²) < 4.78 is 55.5. The molecule has 3 heterocycles. The van der Waals surface area contributed by atoms with Crippen LogP contribution in [-0.2, 0) is 44.8 Å². The van der Waals surface area contributed by atoms with Crippen molar-refractivity contribution in [1.82, 2.24) is 0 Å². The number of primary amides is 1. The predicted molar refractivity (Wildman–Crippen MR) is 320 cm³/mol. The van der Waals surface area contributed by atoms with Crippen molar-refractivity contribution < 1.29 is 56.5 Å². The second-order valence-electron chi connectivity index (χ2n) is 18.9. The molecule has 0 aliphatic carbocycles. The predicted octanol–water partition coefficient (Wildman–Crippen LogP) is 12.8. The zero-order valence-electron chi connectivity index (χ0n) is 43.7. The zero-order chi connectivity index (χ0) is 59.7. The number of nitrogens with two attached hydrogens (primary N) is 2. The van der Waals surface area contributed by atoms with Gasteiger partial charge in [0.15, 0.2) is 0 Å². The van der Waals surface area contributed by atoms with Crippen LogP contribution in [0.25, 0.3) is 0 Å². The van der Waals surface area contributed by atoms with Crippen molar-refractivity contribution in [3.8, 4) is 0 Å². The van der Waals surface area contributed by atoms with Crippen LogP contribution in [0.2, 0.25) is 10.0 Å². The smallest absolute Gasteiger partial charge is 0.318 e. The van der Waals surface area contributed by atoms with Gasteiger partial charge in [0.2, 0.25) is 17.7 Å². The number of carbonyl (C=O) groups is 5. The van der Waals surface area contributed by atoms with Crippen molar-refractivity contribution in [1.29, 1.82) is 0 Å². The van der Waals surface area contributed by atoms with Gasteiger partial charge in [0, 0.05) is 52.9 Å². The molecule has 83 heavy (non-hydrogen) atoms. The summed E-state index contributed by atoms with van der Waals surface area (Å²) in [6.07, 6.45) is 0. The number of hydrogen-bond acceptors (Lipinski definition) is 9. The first-order chi connectivity index (χ1) is 39.7. The van der Waals surface area contributed by atoms with E-state index < -0.39 is 28.1 Å². The summed E-state index contributed by atoms with van der Waals surface area (Å²) in [6.45, 7) is 1.72. The number of anilines is 4. The molecule has 8 N–H and O–H groups in total. The zero-order valence-corrected chi connectivity index (χ0v) is 48.4. The largest absolute Gasteiger partial charge is 0.480 e. The lowest BCUT2D eigenvalue weighted by Gasteiger charge is -2.40. The SMILES string of the molecule is NC(=O)c1cccc(Cl)c1.Nc1ccc(F)cc1.O=C(Nc1ccc(C2(C(=O)Nc3ccc(F)cc3)COC2)cc1)c1cccc(Cl)c1.O=C(Nc1ccc(F)cc1)C1(c2ccc(Br)cc2)COC1.O=C(O)C1(c2ccc(Br)cc2)COC1. The van der Waals surface area contributed by atoms with Crippen LogP contribution in [0.5, 0.6) is 0 Å². The maximum absolute atomic E-state index is 13.1. The Kier molecular flexibility index (Phi) is 21.8. The van der Waals surface area contributed by atoms with Crippen LogP contribution < -0.4 is 27.4 Å². The Bertz CT molecular complexity index is 3500. The Balaban J connectivity index is 0.000000162. The molecular formula is C62H52Br2Cl2F3N5O9. The van der Waals surface area contributed by atoms with E-state index in [4.69, 9.17) is 54.0 Å². The Labute approximate surface area is 502 Å². The number of nitrogen functional groups attached to an aromatic ring is 1. The van der Waals surface area contributed by atoms with Gasteiger partial charge in [-0.2, -0.15) is 0 Å². The van der Waals surface area contributed by atoms with E-state index in [9.17, 15) is 37.1 Å². The molecule has 3 saturated heterocycles. The van der Waals surface area contributed by atoms with Crippen molar-refractivity contribution in [2.75, 3.05) is 61.3 Å². The van der Waals surface area contributed by atoms with Gasteiger partial charge >= 0.3 is 5.97 Å². The molecule has 0 bridgehead atoms. The molecular weight excluding hydrogens is 1250 g/mol. The summed E-state index contributed by atoms with van der Waals surface area (Å²) in [5.41, 5.74) is 13.6. The van der Waals surface area contributed by atoms with Crippen molar-refractivity contribution in [3.05, 3.63) is 258 Å². The second-order valence-corrected chi connectivity index (χ2v) is 21.6. The van der Waals surface area contributed by atoms with Gasteiger partial charge in [-0.3, -0.25) is 24.0 Å². The number of nitrogens with one attached hydrogen (secondary N) is 3. The third kappa shape index (κ3) is 16.7. The topological polar surface area (TPSA) is 221 Å². The van der Waals surface area contributed by atoms with Crippen molar-refractivity contribution in [2.45, 2.75) is 16.2 Å². The van der Waals surface area contributed by atoms with Gasteiger partial charge in [-0.15, -0.1) is 0 Å². The van der Waals surface area contributed by atoms with E-state index in [1.807, 2.05) is 48.5 Å². The molecule has 0 radical (unpaired) electrons. The molecule has 3 aliphatic heterocycles. The van der Waals surface area contributed by atoms with Crippen LogP contribution in [0, 0.1) is 17.5 Å². The number of carbonyl (C=O) groups excluding carboxylic acids is 4. The summed E-state index contributed by atoms with van der Waals surface area (Å²) in [6, 6.07) is 52.2. The third-order valence-electron chi connectivity index (χ3n) is 13.1. The third-order valence-corrected chi connectivity index (χ3v) is 14.7. The molecule has 0 spiro atoms. The molecule has 3 aliphatic rings. The standard InChI is InChI=1S/C23H18ClFN2O3.C16H13BrFNO2.C10H9BrO3.C7H6ClNO.C6H6FN/c24-17-3-1-2-15(12-17)21(28)26-19-8-4-16(5-9-19)23(13-30-14-23)22(29)27-20-10-6-18(25)7-11-20;17-12-3-1-11(2-4-12)16(9-21-10-16)15(20)19-14-7-5-13(18)6-8-14;11-8-3-1-7(2-4-8)10(9(12)13)5-14-6-10;8-6-3-1-2-5(4-6)7(9)10;7-5-1-3-6(8)4-2-5/h1-12H,13-14H2,(H,26,28)(H,27,29);1-8H,9-10H2,(H,19,20);1-4H,5-6H2,(H,12,13);1-4H,(H2,9,10);1-4H,8H2. The highest BCUT2D eigenvalue weighted by atomic mass is 79.9. The first-order valence-corrected chi connectivity index (χ1v) is 27.4. The molecule has 14 nitrogen and oxygen atoms in total. The fraction of sp³-hybridized carbons (Fsp3) is 0.145. The summed E-state index contributed by atoms with van der Waals surface area (Å²) >= 11 is 18.2. The molecule has 0 aromatic heterocycles. The highest BCUT2D eigenvalue weighted by Gasteiger charge is 2.49. The molecule has 428 valence electrons. The van der Waals surface area contributed by atoms with Crippen LogP contribution in [0.15, 0.2) is 203 Å². The number of amides is 4. The van der Waals surface area contributed by atoms with E-state index in [1.54, 1.807) is 78.9 Å². The van der Waals surface area contributed by atoms with Crippen LogP contribution in [-0.4, -0.2) is 74.3 Å². The van der Waals surface area contributed by atoms with E-state index in [1.165, 1.54) is 66.7 Å². The first kappa shape index (κ1) is 62.7. The van der Waals surface area contributed by atoms with Crippen LogP contribution >= 0.6 is 55.1 Å². The average molecular weight is 1300 g/mol. The molecule has 4 amide bonds. The molecule has 0 unspecified atom stereocenters. The molecule has 8 aromatic carbocycles. The summed E-state index contributed by atoms with van der Waals surface area (Å²) in [5, 5.41) is 18.6. The monoisotopic (exact) mass is 1300 g/mol. The lowest BCUT2D eigenvalue weighted by Crippen LogP contribution is -2.55. The molecule has 0 atom stereocenters. The Morgan fingerprint density at radius 3 is 1.11 bits per heavy atom. The van der Waals surface area contributed by atoms with E-state index in [0.29, 0.717) is 57.1 Å². The normalized spacial score (nSPS) is 14.4. The van der Waals surface area contributed by atoms with Gasteiger partial charge in [0.1, 0.15) is 33.7 Å². The van der Waals surface area contributed by atoms with Crippen molar-refractivity contribution in [2.24, 2.45) is 5.73 Å². The lowest BCUT2D eigenvalue weighted by molar-refractivity contribution is -0.163. The van der Waals surface area contributed by atoms with Gasteiger partial charge in [-0.1, -0.05) is 104 Å². The summed E-state index contributed by atoms with van der Waals surface area (Å²) in [5.74, 6) is -2.86. The maximum Gasteiger partial charge on any atom is 0.318 e. The number of carboxylic acids is 1. The second kappa shape index (κ2) is 28.9. The van der Waals surface area contributed by atoms with E-state index >= 15 is 0 Å². The van der Waals surface area contributed by atoms with Gasteiger partial charge in [-0.05, 0) is 162 Å². The molecule has 21 heteroatoms. The fourth-order valence-corrected chi connectivity index (χ4v) is 9.01. The molecule has 3 fully saturated rings. The minimum Gasteiger partial charge on any atom is -0.480 e. The highest BCUT2D eigenvalue weighted by molar-refractivity contribution is 9.10. The van der Waals surface area contributed by atoms with Gasteiger partial charge in [0.25, 0.3) is 5.91 Å². The van der Waals surface area contributed by atoms with Crippen molar-refractivity contribution >= 4 is 107 Å². The minimum atomic E-state index is -0.829. The van der Waals surface area contributed by atoms with Crippen molar-refractivity contribution in [3.63, 3.8) is 0 Å². The quantitative estimate of drug-likeness (QED) is 0.0673. The highest BCUT2D eigenvalue weighted by Crippen LogP contribution is 2.37. The average Bonchev–Trinajstić information content (AvgIpc) is 3.62. The molecule has 8 aromatic rings. The van der Waals surface area contributed by atoms with Crippen LogP contribution in [0.3, 0.4) is 0 Å². The van der Waals surface area contributed by atoms with Gasteiger partial charge in [-0.25, -0.2) is 13.2 Å². The Hall–Kier alpha value is -7.88. The van der Waals surface area contributed by atoms with E-state index in [-0.39, 0.29) is 61.6 Å². The van der Waals surface area contributed by atoms with E-state index in [0.717, 1.165) is 25.6 Å². The first-order valence-electron chi connectivity index (χ1n) is 25.1. The molecule has 0 saturated carbocycles. The van der Waals surface area contributed by atoms with Crippen LogP contribution in [0.4, 0.5) is 35.9 Å². The molecule has 11 rings (SSSR count). The van der Waals surface area contributed by atoms with Gasteiger partial charge < -0.3 is 46.7 Å². The summed E-state index contributed by atoms with van der Waals surface area (Å²) in [7, 11) is 0. The number of carboxylic acid groups (broad SMARTS) is 1. The lowest BCUT2D eigenvalue weighted by atomic mass is 9.77. The number of halogens is 7. The number of benzene rings is 8. The van der Waals surface area contributed by atoms with Crippen LogP contribution in [0.1, 0.15) is 37.4 Å². The fourth-order valence-electron chi connectivity index (χ4n) is 8.11. The number of aliphatic carboxylic acids is 1. The number of rotatable bonds is 11. The van der Waals surface area contributed by atoms with E-state index in [2.05, 4.69) is 47.8 Å². The summed E-state index contributed by atoms with van der Waals surface area (Å²) in [4.78, 5) is 59.5. The van der Waals surface area contributed by atoms with Gasteiger partial charge in [0.05, 0.1) is 39.6 Å². The minimum absolute atomic E-state index is 0.136.